The van der Waals surface area contributed by atoms with Crippen molar-refractivity contribution in [2.24, 2.45) is 0 Å². The fourth-order valence-electron chi connectivity index (χ4n) is 2.00. The van der Waals surface area contributed by atoms with E-state index in [0.717, 1.165) is 30.1 Å². The van der Waals surface area contributed by atoms with Gasteiger partial charge in [-0.2, -0.15) is 0 Å². The lowest BCUT2D eigenvalue weighted by atomic mass is 10.2. The van der Waals surface area contributed by atoms with Gasteiger partial charge >= 0.3 is 0 Å². The first-order valence-electron chi connectivity index (χ1n) is 5.31. The van der Waals surface area contributed by atoms with E-state index in [1.54, 1.807) is 0 Å². The van der Waals surface area contributed by atoms with E-state index in [1.165, 1.54) is 16.2 Å². The maximum atomic E-state index is 11.6. The van der Waals surface area contributed by atoms with Crippen molar-refractivity contribution in [3.63, 3.8) is 0 Å². The van der Waals surface area contributed by atoms with Gasteiger partial charge in [0.05, 0.1) is 5.69 Å². The Labute approximate surface area is 96.5 Å². The van der Waals surface area contributed by atoms with Gasteiger partial charge in [-0.05, 0) is 0 Å². The Morgan fingerprint density at radius 3 is 2.62 bits per heavy atom. The second-order valence-electron chi connectivity index (χ2n) is 3.92. The van der Waals surface area contributed by atoms with Crippen LogP contribution in [0.15, 0.2) is 0 Å². The predicted molar refractivity (Wildman–Crippen MR) is 59.3 cm³/mol. The van der Waals surface area contributed by atoms with Gasteiger partial charge < -0.3 is 5.32 Å². The number of rotatable bonds is 1. The standard InChI is InChI=1S/C10H11N3O2S/c14-8-1-2-9(15)13(8)10-12-6-3-4-11-5-7(6)16-10/h11H,1-5H2. The van der Waals surface area contributed by atoms with E-state index in [2.05, 4.69) is 10.3 Å². The maximum Gasteiger partial charge on any atom is 0.236 e. The molecule has 6 heteroatoms. The number of amides is 2. The first kappa shape index (κ1) is 9.92. The molecule has 0 atom stereocenters. The molecule has 2 amide bonds. The third-order valence-electron chi connectivity index (χ3n) is 2.83. The summed E-state index contributed by atoms with van der Waals surface area (Å²) in [4.78, 5) is 29.9. The molecule has 2 aliphatic rings. The molecule has 1 fully saturated rings. The summed E-state index contributed by atoms with van der Waals surface area (Å²) in [5, 5.41) is 3.81. The number of hydrogen-bond acceptors (Lipinski definition) is 5. The van der Waals surface area contributed by atoms with Crippen molar-refractivity contribution in [1.29, 1.82) is 0 Å². The molecule has 0 bridgehead atoms. The van der Waals surface area contributed by atoms with Crippen LogP contribution in [0.3, 0.4) is 0 Å². The Morgan fingerprint density at radius 2 is 1.94 bits per heavy atom. The van der Waals surface area contributed by atoms with Crippen molar-refractivity contribution in [3.8, 4) is 0 Å². The van der Waals surface area contributed by atoms with Gasteiger partial charge in [0.2, 0.25) is 11.8 Å². The highest BCUT2D eigenvalue weighted by atomic mass is 32.1. The normalized spacial score (nSPS) is 20.4. The second kappa shape index (κ2) is 3.64. The number of hydrogen-bond donors (Lipinski definition) is 1. The summed E-state index contributed by atoms with van der Waals surface area (Å²) in [6, 6.07) is 0. The van der Waals surface area contributed by atoms with Crippen LogP contribution >= 0.6 is 11.3 Å². The van der Waals surface area contributed by atoms with Crippen molar-refractivity contribution >= 4 is 28.3 Å². The zero-order valence-corrected chi connectivity index (χ0v) is 9.47. The van der Waals surface area contributed by atoms with Gasteiger partial charge in [0.1, 0.15) is 0 Å². The number of anilines is 1. The molecule has 0 unspecified atom stereocenters. The highest BCUT2D eigenvalue weighted by Gasteiger charge is 2.33. The van der Waals surface area contributed by atoms with Crippen molar-refractivity contribution < 1.29 is 9.59 Å². The van der Waals surface area contributed by atoms with E-state index < -0.39 is 0 Å². The Bertz CT molecular complexity index is 429. The highest BCUT2D eigenvalue weighted by Crippen LogP contribution is 2.31. The largest absolute Gasteiger partial charge is 0.311 e. The van der Waals surface area contributed by atoms with Gasteiger partial charge in [-0.1, -0.05) is 11.3 Å². The number of fused-ring (bicyclic) bond motifs is 1. The molecule has 0 saturated carbocycles. The first-order valence-corrected chi connectivity index (χ1v) is 6.12. The molecule has 1 N–H and O–H groups in total. The molecule has 0 radical (unpaired) electrons. The highest BCUT2D eigenvalue weighted by molar-refractivity contribution is 7.16. The van der Waals surface area contributed by atoms with Crippen molar-refractivity contribution in [2.45, 2.75) is 25.8 Å². The molecule has 16 heavy (non-hydrogen) atoms. The summed E-state index contributed by atoms with van der Waals surface area (Å²) in [5.41, 5.74) is 1.03. The third-order valence-corrected chi connectivity index (χ3v) is 3.92. The van der Waals surface area contributed by atoms with E-state index in [0.29, 0.717) is 18.0 Å². The fraction of sp³-hybridized carbons (Fsp3) is 0.500. The average Bonchev–Trinajstić information content (AvgIpc) is 2.82. The number of aromatic nitrogens is 1. The average molecular weight is 237 g/mol. The molecule has 0 aliphatic carbocycles. The van der Waals surface area contributed by atoms with Crippen LogP contribution in [0.25, 0.3) is 0 Å². The number of imide groups is 1. The van der Waals surface area contributed by atoms with E-state index in [1.807, 2.05) is 0 Å². The van der Waals surface area contributed by atoms with Crippen LogP contribution < -0.4 is 10.2 Å². The molecule has 5 nitrogen and oxygen atoms in total. The molecular formula is C10H11N3O2S. The smallest absolute Gasteiger partial charge is 0.236 e. The summed E-state index contributed by atoms with van der Waals surface area (Å²) >= 11 is 1.45. The molecule has 1 saturated heterocycles. The van der Waals surface area contributed by atoms with Crippen LogP contribution in [0.4, 0.5) is 5.13 Å². The molecule has 3 heterocycles. The minimum absolute atomic E-state index is 0.121. The quantitative estimate of drug-likeness (QED) is 0.720. The molecular weight excluding hydrogens is 226 g/mol. The van der Waals surface area contributed by atoms with Gasteiger partial charge in [0, 0.05) is 37.2 Å². The molecule has 1 aromatic rings. The minimum atomic E-state index is -0.121. The van der Waals surface area contributed by atoms with Gasteiger partial charge in [-0.25, -0.2) is 9.88 Å². The predicted octanol–water partition coefficient (Wildman–Crippen LogP) is 0.442. The Balaban J connectivity index is 1.97. The van der Waals surface area contributed by atoms with Crippen molar-refractivity contribution in [1.82, 2.24) is 10.3 Å². The topological polar surface area (TPSA) is 62.3 Å². The molecule has 0 spiro atoms. The first-order chi connectivity index (χ1) is 7.75. The lowest BCUT2D eigenvalue weighted by Crippen LogP contribution is -2.28. The van der Waals surface area contributed by atoms with Crippen molar-refractivity contribution in [2.75, 3.05) is 11.4 Å². The monoisotopic (exact) mass is 237 g/mol. The summed E-state index contributed by atoms with van der Waals surface area (Å²) in [6.07, 6.45) is 1.52. The summed E-state index contributed by atoms with van der Waals surface area (Å²) in [5.74, 6) is -0.242. The molecule has 2 aliphatic heterocycles. The third kappa shape index (κ3) is 1.45. The zero-order chi connectivity index (χ0) is 11.1. The van der Waals surface area contributed by atoms with Crippen LogP contribution in [-0.2, 0) is 22.6 Å². The number of nitrogens with one attached hydrogen (secondary N) is 1. The van der Waals surface area contributed by atoms with E-state index >= 15 is 0 Å². The van der Waals surface area contributed by atoms with E-state index in [-0.39, 0.29) is 11.8 Å². The van der Waals surface area contributed by atoms with Gasteiger partial charge in [-0.15, -0.1) is 0 Å². The van der Waals surface area contributed by atoms with Gasteiger partial charge in [0.15, 0.2) is 5.13 Å². The Hall–Kier alpha value is -1.27. The minimum Gasteiger partial charge on any atom is -0.311 e. The fourth-order valence-corrected chi connectivity index (χ4v) is 3.11. The summed E-state index contributed by atoms with van der Waals surface area (Å²) in [6.45, 7) is 1.71. The lowest BCUT2D eigenvalue weighted by Gasteiger charge is -2.09. The molecule has 1 aromatic heterocycles. The second-order valence-corrected chi connectivity index (χ2v) is 4.98. The van der Waals surface area contributed by atoms with Crippen LogP contribution in [0.5, 0.6) is 0 Å². The maximum absolute atomic E-state index is 11.6. The van der Waals surface area contributed by atoms with Crippen LogP contribution in [-0.4, -0.2) is 23.3 Å². The number of thiazole rings is 1. The number of nitrogens with zero attached hydrogens (tertiary/aromatic N) is 2. The summed E-state index contributed by atoms with van der Waals surface area (Å²) in [7, 11) is 0. The lowest BCUT2D eigenvalue weighted by molar-refractivity contribution is -0.121. The van der Waals surface area contributed by atoms with Crippen LogP contribution in [0.1, 0.15) is 23.4 Å². The SMILES string of the molecule is O=C1CCC(=O)N1c1nc2c(s1)CNCC2. The van der Waals surface area contributed by atoms with Crippen LogP contribution in [0, 0.1) is 0 Å². The van der Waals surface area contributed by atoms with Crippen LogP contribution in [0.2, 0.25) is 0 Å². The Morgan fingerprint density at radius 1 is 1.19 bits per heavy atom. The molecule has 84 valence electrons. The molecule has 0 aromatic carbocycles. The van der Waals surface area contributed by atoms with E-state index in [9.17, 15) is 9.59 Å². The molecule has 3 rings (SSSR count). The number of carbonyl (C=O) groups excluding carboxylic acids is 2. The van der Waals surface area contributed by atoms with Gasteiger partial charge in [-0.3, -0.25) is 9.59 Å². The Kier molecular flexibility index (Phi) is 2.26. The number of carbonyl (C=O) groups is 2. The van der Waals surface area contributed by atoms with Crippen molar-refractivity contribution in [3.05, 3.63) is 10.6 Å². The van der Waals surface area contributed by atoms with E-state index in [4.69, 9.17) is 0 Å². The zero-order valence-electron chi connectivity index (χ0n) is 8.65. The summed E-state index contributed by atoms with van der Waals surface area (Å²) < 4.78 is 0. The van der Waals surface area contributed by atoms with Gasteiger partial charge in [0.25, 0.3) is 0 Å².